The van der Waals surface area contributed by atoms with E-state index in [0.717, 1.165) is 56.8 Å². The van der Waals surface area contributed by atoms with E-state index in [-0.39, 0.29) is 11.3 Å². The number of aromatic nitrogens is 2. The van der Waals surface area contributed by atoms with Crippen LogP contribution in [0, 0.1) is 5.41 Å². The van der Waals surface area contributed by atoms with Crippen molar-refractivity contribution in [3.05, 3.63) is 17.0 Å². The molecule has 1 amide bonds. The van der Waals surface area contributed by atoms with Crippen molar-refractivity contribution in [3.8, 4) is 0 Å². The predicted octanol–water partition coefficient (Wildman–Crippen LogP) is 2.65. The molecule has 0 saturated heterocycles. The van der Waals surface area contributed by atoms with Crippen molar-refractivity contribution in [1.29, 1.82) is 0 Å². The normalized spacial score (nSPS) is 26.5. The first-order valence-electron chi connectivity index (χ1n) is 10.4. The number of H-pyrrole nitrogens is 1. The molecular formula is C20H32N4O2. The maximum atomic E-state index is 13.5. The van der Waals surface area contributed by atoms with Gasteiger partial charge in [0, 0.05) is 55.4 Å². The van der Waals surface area contributed by atoms with E-state index in [1.807, 2.05) is 0 Å². The van der Waals surface area contributed by atoms with Crippen molar-refractivity contribution < 1.29 is 9.53 Å². The summed E-state index contributed by atoms with van der Waals surface area (Å²) in [5.74, 6) is 0.110. The van der Waals surface area contributed by atoms with E-state index in [2.05, 4.69) is 34.3 Å². The molecule has 0 aromatic carbocycles. The number of nitrogens with zero attached hydrogens (tertiary/aromatic N) is 2. The number of hydrogen-bond acceptors (Lipinski definition) is 4. The van der Waals surface area contributed by atoms with Gasteiger partial charge in [-0.05, 0) is 32.6 Å². The molecule has 1 aliphatic heterocycles. The lowest BCUT2D eigenvalue weighted by Crippen LogP contribution is -2.65. The molecule has 1 aromatic heterocycles. The van der Waals surface area contributed by atoms with Gasteiger partial charge in [-0.1, -0.05) is 19.8 Å². The van der Waals surface area contributed by atoms with Crippen molar-refractivity contribution in [1.82, 2.24) is 20.4 Å². The minimum absolute atomic E-state index is 0.110. The Morgan fingerprint density at radius 2 is 2.15 bits per heavy atom. The maximum absolute atomic E-state index is 13.5. The highest BCUT2D eigenvalue weighted by Gasteiger charge is 2.59. The maximum Gasteiger partial charge on any atom is 0.274 e. The van der Waals surface area contributed by atoms with Crippen LogP contribution in [0.15, 0.2) is 0 Å². The molecular weight excluding hydrogens is 328 g/mol. The summed E-state index contributed by atoms with van der Waals surface area (Å²) in [6, 6.07) is 0.304. The van der Waals surface area contributed by atoms with Crippen LogP contribution in [0.25, 0.3) is 0 Å². The monoisotopic (exact) mass is 360 g/mol. The van der Waals surface area contributed by atoms with Crippen LogP contribution >= 0.6 is 0 Å². The van der Waals surface area contributed by atoms with E-state index in [1.54, 1.807) is 0 Å². The molecule has 2 saturated carbocycles. The molecule has 144 valence electrons. The number of aromatic amines is 1. The van der Waals surface area contributed by atoms with Crippen molar-refractivity contribution in [2.45, 2.75) is 77.5 Å². The van der Waals surface area contributed by atoms with Crippen LogP contribution in [0.5, 0.6) is 0 Å². The Morgan fingerprint density at radius 3 is 2.88 bits per heavy atom. The molecule has 1 spiro atoms. The van der Waals surface area contributed by atoms with Crippen LogP contribution in [0.3, 0.4) is 0 Å². The molecule has 26 heavy (non-hydrogen) atoms. The van der Waals surface area contributed by atoms with Crippen molar-refractivity contribution in [3.63, 3.8) is 0 Å². The summed E-state index contributed by atoms with van der Waals surface area (Å²) in [5.41, 5.74) is 3.01. The predicted molar refractivity (Wildman–Crippen MR) is 100 cm³/mol. The second kappa shape index (κ2) is 7.31. The first kappa shape index (κ1) is 18.0. The van der Waals surface area contributed by atoms with Gasteiger partial charge in [0.2, 0.25) is 0 Å². The molecule has 1 aromatic rings. The smallest absolute Gasteiger partial charge is 0.274 e. The van der Waals surface area contributed by atoms with Gasteiger partial charge in [0.25, 0.3) is 5.91 Å². The van der Waals surface area contributed by atoms with Crippen molar-refractivity contribution >= 4 is 5.91 Å². The van der Waals surface area contributed by atoms with Crippen LogP contribution in [-0.2, 0) is 17.7 Å². The number of amides is 1. The fourth-order valence-corrected chi connectivity index (χ4v) is 5.47. The Labute approximate surface area is 156 Å². The van der Waals surface area contributed by atoms with Gasteiger partial charge >= 0.3 is 0 Å². The van der Waals surface area contributed by atoms with E-state index in [0.29, 0.717) is 17.8 Å². The Bertz CT molecular complexity index is 650. The van der Waals surface area contributed by atoms with Crippen LogP contribution < -0.4 is 5.32 Å². The van der Waals surface area contributed by atoms with Gasteiger partial charge in [0.1, 0.15) is 0 Å². The Morgan fingerprint density at radius 1 is 1.35 bits per heavy atom. The minimum Gasteiger partial charge on any atom is -0.378 e. The number of nitrogens with one attached hydrogen (secondary N) is 2. The Kier molecular flexibility index (Phi) is 5.06. The molecule has 2 atom stereocenters. The largest absolute Gasteiger partial charge is 0.378 e. The van der Waals surface area contributed by atoms with Crippen LogP contribution in [-0.4, -0.2) is 52.8 Å². The zero-order valence-corrected chi connectivity index (χ0v) is 16.1. The third-order valence-electron chi connectivity index (χ3n) is 6.76. The Hall–Kier alpha value is -1.40. The molecule has 6 heteroatoms. The van der Waals surface area contributed by atoms with Gasteiger partial charge in [0.05, 0.1) is 6.10 Å². The average Bonchev–Trinajstić information content (AvgIpc) is 3.32. The molecule has 2 fully saturated rings. The third-order valence-corrected chi connectivity index (χ3v) is 6.76. The third kappa shape index (κ3) is 2.78. The molecule has 3 aliphatic rings. The average molecular weight is 361 g/mol. The Balaban J connectivity index is 1.60. The van der Waals surface area contributed by atoms with E-state index in [9.17, 15) is 4.79 Å². The molecule has 0 bridgehead atoms. The van der Waals surface area contributed by atoms with Gasteiger partial charge in [-0.2, -0.15) is 5.10 Å². The van der Waals surface area contributed by atoms with E-state index >= 15 is 0 Å². The van der Waals surface area contributed by atoms with Gasteiger partial charge in [-0.25, -0.2) is 0 Å². The van der Waals surface area contributed by atoms with Gasteiger partial charge < -0.3 is 15.0 Å². The molecule has 2 N–H and O–H groups in total. The number of hydrogen-bond donors (Lipinski definition) is 2. The number of carbonyl (C=O) groups is 1. The second-order valence-electron chi connectivity index (χ2n) is 8.09. The quantitative estimate of drug-likeness (QED) is 0.818. The van der Waals surface area contributed by atoms with Gasteiger partial charge in [0.15, 0.2) is 5.69 Å². The highest BCUT2D eigenvalue weighted by Crippen LogP contribution is 2.56. The fourth-order valence-electron chi connectivity index (χ4n) is 5.47. The summed E-state index contributed by atoms with van der Waals surface area (Å²) in [7, 11) is 0. The topological polar surface area (TPSA) is 70.2 Å². The van der Waals surface area contributed by atoms with Crippen molar-refractivity contribution in [2.75, 3.05) is 19.7 Å². The number of fused-ring (bicyclic) bond motifs is 1. The highest BCUT2D eigenvalue weighted by molar-refractivity contribution is 5.94. The molecule has 2 unspecified atom stereocenters. The molecule has 2 aliphatic carbocycles. The van der Waals surface area contributed by atoms with Crippen LogP contribution in [0.1, 0.15) is 74.1 Å². The minimum atomic E-state index is 0.110. The summed E-state index contributed by atoms with van der Waals surface area (Å²) >= 11 is 0. The highest BCUT2D eigenvalue weighted by atomic mass is 16.5. The summed E-state index contributed by atoms with van der Waals surface area (Å²) < 4.78 is 6.07. The van der Waals surface area contributed by atoms with E-state index in [1.165, 1.54) is 25.7 Å². The van der Waals surface area contributed by atoms with Gasteiger partial charge in [-0.15, -0.1) is 0 Å². The molecule has 4 rings (SSSR count). The fraction of sp³-hybridized carbons (Fsp3) is 0.800. The molecule has 6 nitrogen and oxygen atoms in total. The van der Waals surface area contributed by atoms with Crippen molar-refractivity contribution in [2.24, 2.45) is 5.41 Å². The number of ether oxygens (including phenoxy) is 1. The van der Waals surface area contributed by atoms with Crippen LogP contribution in [0.2, 0.25) is 0 Å². The zero-order chi connectivity index (χ0) is 18.1. The molecule has 2 heterocycles. The van der Waals surface area contributed by atoms with Crippen LogP contribution in [0.4, 0.5) is 0 Å². The number of carbonyl (C=O) groups excluding carboxylic acids is 1. The molecule has 0 radical (unpaired) electrons. The van der Waals surface area contributed by atoms with E-state index in [4.69, 9.17) is 4.74 Å². The summed E-state index contributed by atoms with van der Waals surface area (Å²) in [4.78, 5) is 15.6. The first-order valence-corrected chi connectivity index (χ1v) is 10.4. The zero-order valence-electron chi connectivity index (χ0n) is 16.1. The summed E-state index contributed by atoms with van der Waals surface area (Å²) in [6.07, 6.45) is 8.09. The lowest BCUT2D eigenvalue weighted by atomic mass is 9.59. The SMILES string of the molecule is CCCN(C(=O)c1n[nH]c2c1CNCC2)C1CC(OCC)C12CCCC2. The van der Waals surface area contributed by atoms with Gasteiger partial charge in [-0.3, -0.25) is 9.89 Å². The van der Waals surface area contributed by atoms with E-state index < -0.39 is 0 Å². The summed E-state index contributed by atoms with van der Waals surface area (Å²) in [5, 5.41) is 10.9. The lowest BCUT2D eigenvalue weighted by molar-refractivity contribution is -0.156. The first-order chi connectivity index (χ1) is 12.7. The standard InChI is InChI=1S/C20H32N4O2/c1-3-11-24(16-12-17(26-4-2)20(16)8-5-6-9-20)19(25)18-14-13-21-10-7-15(14)22-23-18/h16-17,21H,3-13H2,1-2H3,(H,22,23). The lowest BCUT2D eigenvalue weighted by Gasteiger charge is -2.57. The number of rotatable bonds is 6. The summed E-state index contributed by atoms with van der Waals surface area (Å²) in [6.45, 7) is 7.49. The second-order valence-corrected chi connectivity index (χ2v) is 8.09.